The largest absolute Gasteiger partial charge is 0.481 e. The van der Waals surface area contributed by atoms with E-state index in [0.29, 0.717) is 31.7 Å². The SMILES string of the molecule is CC(C)c1nn(C)cc1C(=O)N1C[C@H]2COCC[C@@]2(C(=O)O)C1. The summed E-state index contributed by atoms with van der Waals surface area (Å²) in [5.41, 5.74) is 0.462. The Balaban J connectivity index is 1.89. The van der Waals surface area contributed by atoms with Crippen LogP contribution in [0.1, 0.15) is 42.2 Å². The van der Waals surface area contributed by atoms with E-state index in [1.807, 2.05) is 13.8 Å². The van der Waals surface area contributed by atoms with Crippen LogP contribution < -0.4 is 0 Å². The number of aliphatic carboxylic acids is 1. The number of carbonyl (C=O) groups excluding carboxylic acids is 1. The molecule has 3 heterocycles. The molecule has 0 bridgehead atoms. The summed E-state index contributed by atoms with van der Waals surface area (Å²) in [5, 5.41) is 14.1. The number of hydrogen-bond donors (Lipinski definition) is 1. The first-order chi connectivity index (χ1) is 10.8. The Kier molecular flexibility index (Phi) is 3.91. The van der Waals surface area contributed by atoms with E-state index in [1.165, 1.54) is 0 Å². The van der Waals surface area contributed by atoms with Crippen molar-refractivity contribution < 1.29 is 19.4 Å². The minimum absolute atomic E-state index is 0.128. The van der Waals surface area contributed by atoms with Crippen LogP contribution >= 0.6 is 0 Å². The molecule has 126 valence electrons. The van der Waals surface area contributed by atoms with Crippen LogP contribution in [0.2, 0.25) is 0 Å². The fraction of sp³-hybridized carbons (Fsp3) is 0.688. The number of carbonyl (C=O) groups is 2. The molecular weight excluding hydrogens is 298 g/mol. The Labute approximate surface area is 135 Å². The van der Waals surface area contributed by atoms with Crippen molar-refractivity contribution in [1.82, 2.24) is 14.7 Å². The lowest BCUT2D eigenvalue weighted by Crippen LogP contribution is -2.45. The second-order valence-corrected chi connectivity index (χ2v) is 6.93. The lowest BCUT2D eigenvalue weighted by Gasteiger charge is -2.33. The molecule has 7 nitrogen and oxygen atoms in total. The van der Waals surface area contributed by atoms with Gasteiger partial charge in [0.2, 0.25) is 0 Å². The first kappa shape index (κ1) is 16.0. The summed E-state index contributed by atoms with van der Waals surface area (Å²) in [4.78, 5) is 26.4. The van der Waals surface area contributed by atoms with E-state index in [-0.39, 0.29) is 24.3 Å². The van der Waals surface area contributed by atoms with Crippen LogP contribution in [0.3, 0.4) is 0 Å². The molecule has 3 rings (SSSR count). The molecule has 0 saturated carbocycles. The molecule has 0 aliphatic carbocycles. The number of ether oxygens (including phenoxy) is 1. The summed E-state index contributed by atoms with van der Waals surface area (Å²) in [6, 6.07) is 0. The minimum atomic E-state index is -0.867. The number of fused-ring (bicyclic) bond motifs is 1. The standard InChI is InChI=1S/C16H23N3O4/c1-10(2)13-12(7-18(3)17-13)14(20)19-6-11-8-23-5-4-16(11,9-19)15(21)22/h7,10-11H,4-6,8-9H2,1-3H3,(H,21,22)/t11-,16+/m0/s1. The average molecular weight is 321 g/mol. The molecule has 2 atom stereocenters. The van der Waals surface area contributed by atoms with Crippen LogP contribution in [-0.2, 0) is 16.6 Å². The van der Waals surface area contributed by atoms with Gasteiger partial charge in [0.25, 0.3) is 5.91 Å². The fourth-order valence-corrected chi connectivity index (χ4v) is 3.72. The number of hydrogen-bond acceptors (Lipinski definition) is 4. The predicted molar refractivity (Wildman–Crippen MR) is 82.2 cm³/mol. The zero-order valence-electron chi connectivity index (χ0n) is 13.8. The molecule has 2 saturated heterocycles. The Morgan fingerprint density at radius 2 is 2.22 bits per heavy atom. The highest BCUT2D eigenvalue weighted by Crippen LogP contribution is 2.43. The Bertz CT molecular complexity index is 639. The van der Waals surface area contributed by atoms with Crippen molar-refractivity contribution in [2.75, 3.05) is 26.3 Å². The molecule has 2 aliphatic rings. The molecule has 0 radical (unpaired) electrons. The summed E-state index contributed by atoms with van der Waals surface area (Å²) >= 11 is 0. The number of carboxylic acids is 1. The van der Waals surface area contributed by atoms with Gasteiger partial charge >= 0.3 is 5.97 Å². The Morgan fingerprint density at radius 1 is 1.48 bits per heavy atom. The lowest BCUT2D eigenvalue weighted by molar-refractivity contribution is -0.157. The van der Waals surface area contributed by atoms with Gasteiger partial charge in [-0.2, -0.15) is 5.10 Å². The van der Waals surface area contributed by atoms with Crippen LogP contribution in [-0.4, -0.2) is 58.0 Å². The van der Waals surface area contributed by atoms with E-state index in [1.54, 1.807) is 22.8 Å². The van der Waals surface area contributed by atoms with Crippen LogP contribution in [0, 0.1) is 11.3 Å². The van der Waals surface area contributed by atoms with Crippen molar-refractivity contribution in [2.24, 2.45) is 18.4 Å². The molecule has 1 N–H and O–H groups in total. The highest BCUT2D eigenvalue weighted by atomic mass is 16.5. The average Bonchev–Trinajstić information content (AvgIpc) is 3.08. The summed E-state index contributed by atoms with van der Waals surface area (Å²) in [7, 11) is 1.79. The monoisotopic (exact) mass is 321 g/mol. The van der Waals surface area contributed by atoms with E-state index >= 15 is 0 Å². The van der Waals surface area contributed by atoms with Gasteiger partial charge in [-0.3, -0.25) is 14.3 Å². The van der Waals surface area contributed by atoms with E-state index < -0.39 is 11.4 Å². The number of rotatable bonds is 3. The highest BCUT2D eigenvalue weighted by molar-refractivity contribution is 5.96. The molecular formula is C16H23N3O4. The number of likely N-dealkylation sites (tertiary alicyclic amines) is 1. The smallest absolute Gasteiger partial charge is 0.311 e. The topological polar surface area (TPSA) is 84.7 Å². The number of aryl methyl sites for hydroxylation is 1. The molecule has 1 aromatic heterocycles. The maximum atomic E-state index is 12.9. The number of carboxylic acid groups (broad SMARTS) is 1. The van der Waals surface area contributed by atoms with Gasteiger partial charge in [-0.05, 0) is 12.3 Å². The van der Waals surface area contributed by atoms with Gasteiger partial charge < -0.3 is 14.7 Å². The molecule has 0 aromatic carbocycles. The van der Waals surface area contributed by atoms with Gasteiger partial charge in [-0.15, -0.1) is 0 Å². The van der Waals surface area contributed by atoms with Crippen LogP contribution in [0.5, 0.6) is 0 Å². The molecule has 0 spiro atoms. The lowest BCUT2D eigenvalue weighted by atomic mass is 9.74. The molecule has 23 heavy (non-hydrogen) atoms. The molecule has 1 aromatic rings. The fourth-order valence-electron chi connectivity index (χ4n) is 3.72. The van der Waals surface area contributed by atoms with E-state index in [4.69, 9.17) is 4.74 Å². The molecule has 0 unspecified atom stereocenters. The molecule has 2 aliphatic heterocycles. The van der Waals surface area contributed by atoms with Crippen LogP contribution in [0.4, 0.5) is 0 Å². The van der Waals surface area contributed by atoms with Gasteiger partial charge in [0.1, 0.15) is 0 Å². The van der Waals surface area contributed by atoms with Gasteiger partial charge in [-0.1, -0.05) is 13.8 Å². The van der Waals surface area contributed by atoms with Crippen molar-refractivity contribution in [2.45, 2.75) is 26.2 Å². The first-order valence-corrected chi connectivity index (χ1v) is 7.99. The first-order valence-electron chi connectivity index (χ1n) is 7.99. The summed E-state index contributed by atoms with van der Waals surface area (Å²) in [5.74, 6) is -0.957. The van der Waals surface area contributed by atoms with E-state index in [2.05, 4.69) is 5.10 Å². The van der Waals surface area contributed by atoms with Crippen LogP contribution in [0.25, 0.3) is 0 Å². The van der Waals surface area contributed by atoms with Crippen molar-refractivity contribution in [1.29, 1.82) is 0 Å². The molecule has 2 fully saturated rings. The van der Waals surface area contributed by atoms with E-state index in [9.17, 15) is 14.7 Å². The predicted octanol–water partition coefficient (Wildman–Crippen LogP) is 1.11. The van der Waals surface area contributed by atoms with E-state index in [0.717, 1.165) is 5.69 Å². The van der Waals surface area contributed by atoms with Gasteiger partial charge in [-0.25, -0.2) is 0 Å². The Morgan fingerprint density at radius 3 is 2.83 bits per heavy atom. The molecule has 7 heteroatoms. The third-order valence-corrected chi connectivity index (χ3v) is 5.05. The minimum Gasteiger partial charge on any atom is -0.481 e. The van der Waals surface area contributed by atoms with Crippen molar-refractivity contribution >= 4 is 11.9 Å². The maximum Gasteiger partial charge on any atom is 0.311 e. The second kappa shape index (κ2) is 5.63. The zero-order chi connectivity index (χ0) is 16.8. The highest BCUT2D eigenvalue weighted by Gasteiger charge is 2.55. The summed E-state index contributed by atoms with van der Waals surface area (Å²) in [6.45, 7) is 5.51. The second-order valence-electron chi connectivity index (χ2n) is 6.93. The maximum absolute atomic E-state index is 12.9. The third kappa shape index (κ3) is 2.52. The number of aromatic nitrogens is 2. The Hall–Kier alpha value is -1.89. The van der Waals surface area contributed by atoms with Crippen LogP contribution in [0.15, 0.2) is 6.20 Å². The van der Waals surface area contributed by atoms with Crippen molar-refractivity contribution in [3.05, 3.63) is 17.5 Å². The normalized spacial score (nSPS) is 27.3. The zero-order valence-corrected chi connectivity index (χ0v) is 13.8. The van der Waals surface area contributed by atoms with Gasteiger partial charge in [0.15, 0.2) is 0 Å². The molecule has 1 amide bonds. The summed E-state index contributed by atoms with van der Waals surface area (Å²) in [6.07, 6.45) is 2.18. The quantitative estimate of drug-likeness (QED) is 0.901. The third-order valence-electron chi connectivity index (χ3n) is 5.05. The number of amides is 1. The van der Waals surface area contributed by atoms with Crippen molar-refractivity contribution in [3.8, 4) is 0 Å². The summed E-state index contributed by atoms with van der Waals surface area (Å²) < 4.78 is 7.08. The number of nitrogens with zero attached hydrogens (tertiary/aromatic N) is 3. The van der Waals surface area contributed by atoms with Crippen molar-refractivity contribution in [3.63, 3.8) is 0 Å². The van der Waals surface area contributed by atoms with Gasteiger partial charge in [0.05, 0.1) is 23.3 Å². The van der Waals surface area contributed by atoms with Gasteiger partial charge in [0, 0.05) is 38.9 Å².